The van der Waals surface area contributed by atoms with Crippen molar-refractivity contribution >= 4 is 6.47 Å². The van der Waals surface area contributed by atoms with Gasteiger partial charge in [0.15, 0.2) is 0 Å². The average Bonchev–Trinajstić information content (AvgIpc) is 2.62. The highest BCUT2D eigenvalue weighted by molar-refractivity contribution is 5.37. The fourth-order valence-electron chi connectivity index (χ4n) is 2.40. The van der Waals surface area contributed by atoms with E-state index < -0.39 is 0 Å². The monoisotopic (exact) mass is 366 g/mol. The van der Waals surface area contributed by atoms with Crippen LogP contribution >= 0.6 is 0 Å². The van der Waals surface area contributed by atoms with Gasteiger partial charge >= 0.3 is 0 Å². The van der Waals surface area contributed by atoms with Crippen molar-refractivity contribution < 1.29 is 19.0 Å². The maximum absolute atomic E-state index is 9.46. The van der Waals surface area contributed by atoms with E-state index >= 15 is 0 Å². The summed E-state index contributed by atoms with van der Waals surface area (Å²) in [5.74, 6) is 1.83. The third-order valence-electron chi connectivity index (χ3n) is 3.79. The molecule has 1 aromatic rings. The van der Waals surface area contributed by atoms with Crippen LogP contribution in [0.25, 0.3) is 0 Å². The molecule has 0 radical (unpaired) electrons. The molecule has 1 rings (SSSR count). The van der Waals surface area contributed by atoms with Crippen LogP contribution in [-0.2, 0) is 9.53 Å². The number of ether oxygens (including phenoxy) is 3. The molecule has 0 saturated heterocycles. The van der Waals surface area contributed by atoms with Crippen LogP contribution in [0.3, 0.4) is 0 Å². The number of rotatable bonds is 14. The van der Waals surface area contributed by atoms with E-state index in [-0.39, 0.29) is 0 Å². The molecule has 1 aromatic carbocycles. The predicted octanol–water partition coefficient (Wildman–Crippen LogP) is 6.09. The van der Waals surface area contributed by atoms with E-state index in [1.165, 1.54) is 37.7 Å². The lowest BCUT2D eigenvalue weighted by Gasteiger charge is -2.10. The smallest absolute Gasteiger partial charge is 0.293 e. The maximum Gasteiger partial charge on any atom is 0.293 e. The van der Waals surface area contributed by atoms with E-state index in [2.05, 4.69) is 24.7 Å². The first kappa shape index (κ1) is 24.3. The van der Waals surface area contributed by atoms with Gasteiger partial charge in [0.25, 0.3) is 6.47 Å². The largest absolute Gasteiger partial charge is 0.494 e. The van der Waals surface area contributed by atoms with Crippen LogP contribution in [0.5, 0.6) is 11.5 Å². The summed E-state index contributed by atoms with van der Waals surface area (Å²) in [7, 11) is 0. The molecule has 0 aromatic heterocycles. The van der Waals surface area contributed by atoms with Crippen molar-refractivity contribution in [3.63, 3.8) is 0 Å². The van der Waals surface area contributed by atoms with Crippen LogP contribution in [0.15, 0.2) is 18.2 Å². The lowest BCUT2D eigenvalue weighted by Crippen LogP contribution is -1.99. The van der Waals surface area contributed by atoms with Crippen molar-refractivity contribution in [3.8, 4) is 11.5 Å². The minimum Gasteiger partial charge on any atom is -0.494 e. The maximum atomic E-state index is 9.46. The Kier molecular flexibility index (Phi) is 16.9. The molecular formula is C22H38O4. The molecule has 0 unspecified atom stereocenters. The zero-order valence-electron chi connectivity index (χ0n) is 17.2. The topological polar surface area (TPSA) is 44.8 Å². The van der Waals surface area contributed by atoms with Gasteiger partial charge in [-0.25, -0.2) is 0 Å². The van der Waals surface area contributed by atoms with Gasteiger partial charge in [-0.1, -0.05) is 52.4 Å². The average molecular weight is 367 g/mol. The lowest BCUT2D eigenvalue weighted by atomic mass is 10.1. The Morgan fingerprint density at radius 2 is 1.38 bits per heavy atom. The van der Waals surface area contributed by atoms with E-state index in [1.807, 2.05) is 26.0 Å². The Morgan fingerprint density at radius 1 is 0.769 bits per heavy atom. The molecule has 0 aliphatic carbocycles. The zero-order valence-corrected chi connectivity index (χ0v) is 17.2. The Bertz CT molecular complexity index is 446. The van der Waals surface area contributed by atoms with E-state index in [0.29, 0.717) is 19.7 Å². The van der Waals surface area contributed by atoms with Crippen molar-refractivity contribution in [3.05, 3.63) is 23.8 Å². The van der Waals surface area contributed by atoms with Gasteiger partial charge in [0.05, 0.1) is 19.8 Å². The first-order valence-corrected chi connectivity index (χ1v) is 10.1. The highest BCUT2D eigenvalue weighted by atomic mass is 16.5. The van der Waals surface area contributed by atoms with Crippen LogP contribution in [0.2, 0.25) is 0 Å². The van der Waals surface area contributed by atoms with Crippen LogP contribution in [0.4, 0.5) is 0 Å². The second kappa shape index (κ2) is 18.1. The fraction of sp³-hybridized carbons (Fsp3) is 0.682. The van der Waals surface area contributed by atoms with Gasteiger partial charge in [0, 0.05) is 6.07 Å². The molecular weight excluding hydrogens is 328 g/mol. The molecule has 0 N–H and O–H groups in total. The number of aryl methyl sites for hydroxylation is 1. The summed E-state index contributed by atoms with van der Waals surface area (Å²) < 4.78 is 15.7. The SMILES string of the molecule is CCCCCCCCOc1cc(C)cc(OCC)c1.CCCCOC=O. The van der Waals surface area contributed by atoms with Crippen molar-refractivity contribution in [2.75, 3.05) is 19.8 Å². The summed E-state index contributed by atoms with van der Waals surface area (Å²) in [6, 6.07) is 6.09. The molecule has 0 bridgehead atoms. The molecule has 150 valence electrons. The first-order chi connectivity index (χ1) is 12.7. The second-order valence-electron chi connectivity index (χ2n) is 6.35. The van der Waals surface area contributed by atoms with Gasteiger partial charge in [-0.2, -0.15) is 0 Å². The number of carbonyl (C=O) groups is 1. The molecule has 0 fully saturated rings. The van der Waals surface area contributed by atoms with Gasteiger partial charge < -0.3 is 14.2 Å². The van der Waals surface area contributed by atoms with E-state index in [1.54, 1.807) is 0 Å². The molecule has 0 heterocycles. The lowest BCUT2D eigenvalue weighted by molar-refractivity contribution is -0.128. The van der Waals surface area contributed by atoms with Gasteiger partial charge in [0.2, 0.25) is 0 Å². The summed E-state index contributed by atoms with van der Waals surface area (Å²) in [5.41, 5.74) is 1.18. The Balaban J connectivity index is 0.000000758. The van der Waals surface area contributed by atoms with E-state index in [0.717, 1.165) is 37.4 Å². The first-order valence-electron chi connectivity index (χ1n) is 10.1. The molecule has 0 saturated carbocycles. The van der Waals surface area contributed by atoms with Crippen LogP contribution in [-0.4, -0.2) is 26.3 Å². The standard InChI is InChI=1S/C17H28O2.C5H10O2/c1-4-6-7-8-9-10-11-19-17-13-15(3)12-16(14-17)18-5-2;1-2-3-4-7-5-6/h12-14H,4-11H2,1-3H3;5H,2-4H2,1H3. The van der Waals surface area contributed by atoms with Gasteiger partial charge in [-0.05, 0) is 44.4 Å². The summed E-state index contributed by atoms with van der Waals surface area (Å²) in [6.07, 6.45) is 9.80. The minimum atomic E-state index is 0.482. The molecule has 0 atom stereocenters. The van der Waals surface area contributed by atoms with Crippen molar-refractivity contribution in [1.82, 2.24) is 0 Å². The summed E-state index contributed by atoms with van der Waals surface area (Å²) in [4.78, 5) is 9.46. The zero-order chi connectivity index (χ0) is 19.5. The van der Waals surface area contributed by atoms with Gasteiger partial charge in [-0.15, -0.1) is 0 Å². The second-order valence-corrected chi connectivity index (χ2v) is 6.35. The molecule has 0 spiro atoms. The molecule has 26 heavy (non-hydrogen) atoms. The quantitative estimate of drug-likeness (QED) is 0.295. The summed E-state index contributed by atoms with van der Waals surface area (Å²) in [6.45, 7) is 10.9. The van der Waals surface area contributed by atoms with Crippen LogP contribution in [0.1, 0.15) is 77.7 Å². The Morgan fingerprint density at radius 3 is 2.00 bits per heavy atom. The Hall–Kier alpha value is -1.71. The number of carbonyl (C=O) groups excluding carboxylic acids is 1. The van der Waals surface area contributed by atoms with Crippen molar-refractivity contribution in [1.29, 1.82) is 0 Å². The molecule has 0 aliphatic rings. The number of unbranched alkanes of at least 4 members (excludes halogenated alkanes) is 6. The molecule has 4 nitrogen and oxygen atoms in total. The van der Waals surface area contributed by atoms with Crippen molar-refractivity contribution in [2.45, 2.75) is 79.1 Å². The Labute approximate surface area is 160 Å². The number of hydrogen-bond acceptors (Lipinski definition) is 4. The third kappa shape index (κ3) is 14.6. The molecule has 0 amide bonds. The fourth-order valence-corrected chi connectivity index (χ4v) is 2.40. The third-order valence-corrected chi connectivity index (χ3v) is 3.79. The minimum absolute atomic E-state index is 0.482. The molecule has 0 aliphatic heterocycles. The highest BCUT2D eigenvalue weighted by Crippen LogP contribution is 2.22. The number of hydrogen-bond donors (Lipinski definition) is 0. The van der Waals surface area contributed by atoms with E-state index in [4.69, 9.17) is 9.47 Å². The summed E-state index contributed by atoms with van der Waals surface area (Å²) >= 11 is 0. The van der Waals surface area contributed by atoms with E-state index in [9.17, 15) is 4.79 Å². The highest BCUT2D eigenvalue weighted by Gasteiger charge is 2.00. The summed E-state index contributed by atoms with van der Waals surface area (Å²) in [5, 5.41) is 0. The van der Waals surface area contributed by atoms with Gasteiger partial charge in [-0.3, -0.25) is 4.79 Å². The van der Waals surface area contributed by atoms with Gasteiger partial charge in [0.1, 0.15) is 11.5 Å². The van der Waals surface area contributed by atoms with Crippen molar-refractivity contribution in [2.24, 2.45) is 0 Å². The number of benzene rings is 1. The predicted molar refractivity (Wildman–Crippen MR) is 108 cm³/mol. The van der Waals surface area contributed by atoms with Crippen LogP contribution in [0, 0.1) is 6.92 Å². The molecule has 4 heteroatoms. The van der Waals surface area contributed by atoms with Crippen LogP contribution < -0.4 is 9.47 Å². The normalized spacial score (nSPS) is 9.85.